The van der Waals surface area contributed by atoms with Crippen LogP contribution in [0.25, 0.3) is 120 Å². The lowest BCUT2D eigenvalue weighted by Gasteiger charge is -2.12. The van der Waals surface area contributed by atoms with Crippen molar-refractivity contribution in [3.63, 3.8) is 0 Å². The Balaban J connectivity index is 1.15. The largest absolute Gasteiger partial charge is 0.456 e. The highest BCUT2D eigenvalue weighted by atomic mass is 32.1. The van der Waals surface area contributed by atoms with Gasteiger partial charge in [0.1, 0.15) is 22.3 Å². The molecule has 12 aromatic rings. The number of thiophene rings is 1. The molecule has 4 aromatic heterocycles. The first-order valence-corrected chi connectivity index (χ1v) is 19.1. The Hall–Kier alpha value is -7.15. The number of rotatable bonds is 4. The molecule has 5 nitrogen and oxygen atoms in total. The van der Waals surface area contributed by atoms with Gasteiger partial charge >= 0.3 is 0 Å². The molecule has 12 rings (SSSR count). The molecule has 0 aliphatic carbocycles. The first-order valence-electron chi connectivity index (χ1n) is 18.3. The van der Waals surface area contributed by atoms with E-state index in [1.54, 1.807) is 0 Å². The fourth-order valence-corrected chi connectivity index (χ4v) is 9.28. The first kappa shape index (κ1) is 30.3. The van der Waals surface area contributed by atoms with E-state index >= 15 is 0 Å². The van der Waals surface area contributed by atoms with E-state index in [2.05, 4.69) is 127 Å². The molecule has 8 aromatic carbocycles. The lowest BCUT2D eigenvalue weighted by Crippen LogP contribution is -2.01. The standard InChI is InChI=1S/C49H27N3O2S/c1-2-11-29-24-30(21-20-28(29)10-1)47-50-48(31-22-23-35-34-12-3-6-16-39(34)53-41(35)26-31)52-49(51-47)38-25-32(27-42-45(38)36-13-4-7-17-40(36)54-42)33-15-9-19-44-46(33)37-14-5-8-18-43(37)55-44/h1-27H. The summed E-state index contributed by atoms with van der Waals surface area (Å²) in [4.78, 5) is 15.7. The summed E-state index contributed by atoms with van der Waals surface area (Å²) in [5.41, 5.74) is 8.04. The van der Waals surface area contributed by atoms with Gasteiger partial charge in [0.05, 0.1) is 0 Å². The van der Waals surface area contributed by atoms with Gasteiger partial charge in [-0.1, -0.05) is 109 Å². The van der Waals surface area contributed by atoms with E-state index in [1.807, 2.05) is 47.7 Å². The Kier molecular flexibility index (Phi) is 6.44. The molecule has 0 fully saturated rings. The Morgan fingerprint density at radius 1 is 0.345 bits per heavy atom. The Morgan fingerprint density at radius 3 is 1.84 bits per heavy atom. The quantitative estimate of drug-likeness (QED) is 0.181. The monoisotopic (exact) mass is 721 g/mol. The molecule has 0 N–H and O–H groups in total. The molecule has 0 saturated heterocycles. The van der Waals surface area contributed by atoms with Crippen LogP contribution >= 0.6 is 11.3 Å². The van der Waals surface area contributed by atoms with Gasteiger partial charge in [-0.2, -0.15) is 0 Å². The van der Waals surface area contributed by atoms with Gasteiger partial charge in [-0.05, 0) is 76.5 Å². The Morgan fingerprint density at radius 2 is 0.964 bits per heavy atom. The maximum atomic E-state index is 6.63. The van der Waals surface area contributed by atoms with E-state index in [4.69, 9.17) is 23.8 Å². The van der Waals surface area contributed by atoms with Gasteiger partial charge in [-0.25, -0.2) is 15.0 Å². The topological polar surface area (TPSA) is 65.0 Å². The SMILES string of the molecule is c1ccc2cc(-c3nc(-c4ccc5c(c4)oc4ccccc45)nc(-c4cc(-c5cccc6sc7ccccc7c56)cc5oc6ccccc6c45)n3)ccc2c1. The third-order valence-electron chi connectivity index (χ3n) is 10.7. The maximum absolute atomic E-state index is 6.63. The molecule has 0 atom stereocenters. The zero-order chi connectivity index (χ0) is 36.0. The number of nitrogens with zero attached hydrogens (tertiary/aromatic N) is 3. The van der Waals surface area contributed by atoms with Crippen molar-refractivity contribution < 1.29 is 8.83 Å². The number of aromatic nitrogens is 3. The lowest BCUT2D eigenvalue weighted by atomic mass is 9.95. The summed E-state index contributed by atoms with van der Waals surface area (Å²) in [6, 6.07) is 56.9. The van der Waals surface area contributed by atoms with Crippen LogP contribution in [0.5, 0.6) is 0 Å². The van der Waals surface area contributed by atoms with E-state index in [1.165, 1.54) is 20.2 Å². The van der Waals surface area contributed by atoms with Crippen LogP contribution < -0.4 is 0 Å². The highest BCUT2D eigenvalue weighted by molar-refractivity contribution is 7.25. The molecule has 0 spiro atoms. The summed E-state index contributed by atoms with van der Waals surface area (Å²) >= 11 is 1.82. The summed E-state index contributed by atoms with van der Waals surface area (Å²) in [6.07, 6.45) is 0. The number of hydrogen-bond donors (Lipinski definition) is 0. The predicted octanol–water partition coefficient (Wildman–Crippen LogP) is 13.9. The number of hydrogen-bond acceptors (Lipinski definition) is 6. The fourth-order valence-electron chi connectivity index (χ4n) is 8.15. The van der Waals surface area contributed by atoms with Gasteiger partial charge in [0.15, 0.2) is 17.5 Å². The molecular weight excluding hydrogens is 695 g/mol. The molecule has 0 aliphatic heterocycles. The predicted molar refractivity (Wildman–Crippen MR) is 227 cm³/mol. The zero-order valence-electron chi connectivity index (χ0n) is 29.2. The summed E-state index contributed by atoms with van der Waals surface area (Å²) < 4.78 is 15.5. The third-order valence-corrected chi connectivity index (χ3v) is 11.8. The van der Waals surface area contributed by atoms with Gasteiger partial charge in [-0.15, -0.1) is 11.3 Å². The Bertz CT molecular complexity index is 3520. The summed E-state index contributed by atoms with van der Waals surface area (Å²) in [5.74, 6) is 1.72. The molecular formula is C49H27N3O2S. The van der Waals surface area contributed by atoms with Crippen molar-refractivity contribution >= 4 is 86.2 Å². The molecule has 0 bridgehead atoms. The van der Waals surface area contributed by atoms with Gasteiger partial charge in [-0.3, -0.25) is 0 Å². The number of benzene rings is 8. The number of para-hydroxylation sites is 2. The van der Waals surface area contributed by atoms with E-state index < -0.39 is 0 Å². The van der Waals surface area contributed by atoms with Crippen LogP contribution in [0, 0.1) is 0 Å². The van der Waals surface area contributed by atoms with Crippen LogP contribution in [0.2, 0.25) is 0 Å². The van der Waals surface area contributed by atoms with Crippen LogP contribution in [0.3, 0.4) is 0 Å². The van der Waals surface area contributed by atoms with Crippen LogP contribution in [-0.4, -0.2) is 15.0 Å². The summed E-state index contributed by atoms with van der Waals surface area (Å²) in [6.45, 7) is 0. The second-order valence-corrected chi connectivity index (χ2v) is 15.0. The lowest BCUT2D eigenvalue weighted by molar-refractivity contribution is 0.668. The Labute approximate surface area is 317 Å². The molecule has 55 heavy (non-hydrogen) atoms. The van der Waals surface area contributed by atoms with Crippen molar-refractivity contribution in [1.82, 2.24) is 15.0 Å². The average Bonchev–Trinajstić information content (AvgIpc) is 3.94. The minimum Gasteiger partial charge on any atom is -0.456 e. The smallest absolute Gasteiger partial charge is 0.164 e. The molecule has 0 saturated carbocycles. The molecule has 0 aliphatic rings. The van der Waals surface area contributed by atoms with Crippen molar-refractivity contribution in [3.8, 4) is 45.3 Å². The van der Waals surface area contributed by atoms with Crippen LogP contribution in [0.15, 0.2) is 173 Å². The van der Waals surface area contributed by atoms with Crippen molar-refractivity contribution in [2.45, 2.75) is 0 Å². The van der Waals surface area contributed by atoms with Crippen molar-refractivity contribution in [2.75, 3.05) is 0 Å². The van der Waals surface area contributed by atoms with Gasteiger partial charge in [0, 0.05) is 58.4 Å². The van der Waals surface area contributed by atoms with Gasteiger partial charge in [0.25, 0.3) is 0 Å². The minimum absolute atomic E-state index is 0.563. The maximum Gasteiger partial charge on any atom is 0.164 e. The van der Waals surface area contributed by atoms with Crippen LogP contribution in [0.1, 0.15) is 0 Å². The van der Waals surface area contributed by atoms with E-state index in [-0.39, 0.29) is 0 Å². The normalized spacial score (nSPS) is 12.0. The van der Waals surface area contributed by atoms with E-state index in [9.17, 15) is 0 Å². The van der Waals surface area contributed by atoms with E-state index in [0.29, 0.717) is 17.5 Å². The van der Waals surface area contributed by atoms with Crippen molar-refractivity contribution in [2.24, 2.45) is 0 Å². The van der Waals surface area contributed by atoms with Crippen molar-refractivity contribution in [3.05, 3.63) is 164 Å². The van der Waals surface area contributed by atoms with Crippen LogP contribution in [0.4, 0.5) is 0 Å². The fraction of sp³-hybridized carbons (Fsp3) is 0. The first-order chi connectivity index (χ1) is 27.2. The van der Waals surface area contributed by atoms with Crippen LogP contribution in [-0.2, 0) is 0 Å². The third kappa shape index (κ3) is 4.75. The molecule has 0 unspecified atom stereocenters. The number of fused-ring (bicyclic) bond motifs is 10. The summed E-state index contributed by atoms with van der Waals surface area (Å²) in [5, 5.41) is 8.86. The van der Waals surface area contributed by atoms with Gasteiger partial charge < -0.3 is 8.83 Å². The van der Waals surface area contributed by atoms with Gasteiger partial charge in [0.2, 0.25) is 0 Å². The molecule has 256 valence electrons. The molecule has 4 heterocycles. The van der Waals surface area contributed by atoms with E-state index in [0.717, 1.165) is 82.5 Å². The minimum atomic E-state index is 0.563. The number of furan rings is 2. The molecule has 6 heteroatoms. The zero-order valence-corrected chi connectivity index (χ0v) is 30.0. The highest BCUT2D eigenvalue weighted by Crippen LogP contribution is 2.44. The van der Waals surface area contributed by atoms with Crippen molar-refractivity contribution in [1.29, 1.82) is 0 Å². The highest BCUT2D eigenvalue weighted by Gasteiger charge is 2.21. The molecule has 0 radical (unpaired) electrons. The second kappa shape index (κ2) is 11.7. The molecule has 0 amide bonds. The summed E-state index contributed by atoms with van der Waals surface area (Å²) in [7, 11) is 0. The second-order valence-electron chi connectivity index (χ2n) is 13.9. The average molecular weight is 722 g/mol.